The summed E-state index contributed by atoms with van der Waals surface area (Å²) in [6.07, 6.45) is 1.50. The molecule has 0 aliphatic carbocycles. The second kappa shape index (κ2) is 8.48. The van der Waals surface area contributed by atoms with Gasteiger partial charge in [0.2, 0.25) is 5.91 Å². The molecule has 0 heterocycles. The molecule has 1 atom stereocenters. The van der Waals surface area contributed by atoms with Gasteiger partial charge in [0.05, 0.1) is 5.56 Å². The fourth-order valence-electron chi connectivity index (χ4n) is 2.03. The van der Waals surface area contributed by atoms with Gasteiger partial charge in [-0.25, -0.2) is 8.78 Å². The van der Waals surface area contributed by atoms with Crippen LogP contribution in [0.25, 0.3) is 0 Å². The van der Waals surface area contributed by atoms with Crippen molar-refractivity contribution in [2.24, 2.45) is 0 Å². The predicted octanol–water partition coefficient (Wildman–Crippen LogP) is 2.46. The van der Waals surface area contributed by atoms with Gasteiger partial charge in [-0.05, 0) is 30.3 Å². The van der Waals surface area contributed by atoms with Gasteiger partial charge in [0.1, 0.15) is 11.6 Å². The van der Waals surface area contributed by atoms with Crippen molar-refractivity contribution in [3.63, 3.8) is 0 Å². The van der Waals surface area contributed by atoms with Gasteiger partial charge < -0.3 is 10.6 Å². The number of hydrogen-bond donors (Lipinski definition) is 2. The quantitative estimate of drug-likeness (QED) is 0.825. The lowest BCUT2D eigenvalue weighted by Gasteiger charge is -2.08. The predicted molar refractivity (Wildman–Crippen MR) is 90.7 cm³/mol. The van der Waals surface area contributed by atoms with Gasteiger partial charge in [-0.3, -0.25) is 13.8 Å². The van der Waals surface area contributed by atoms with E-state index in [2.05, 4.69) is 10.6 Å². The van der Waals surface area contributed by atoms with Gasteiger partial charge in [-0.15, -0.1) is 0 Å². The molecule has 2 N–H and O–H groups in total. The molecule has 2 amide bonds. The van der Waals surface area contributed by atoms with Crippen molar-refractivity contribution in [3.8, 4) is 0 Å². The number of anilines is 1. The highest BCUT2D eigenvalue weighted by Gasteiger charge is 2.12. The van der Waals surface area contributed by atoms with E-state index in [1.54, 1.807) is 24.3 Å². The normalized spacial score (nSPS) is 11.6. The summed E-state index contributed by atoms with van der Waals surface area (Å²) in [5, 5.41) is 5.02. The Hall–Kier alpha value is -2.61. The van der Waals surface area contributed by atoms with Crippen LogP contribution < -0.4 is 10.6 Å². The van der Waals surface area contributed by atoms with E-state index < -0.39 is 28.3 Å². The summed E-state index contributed by atoms with van der Waals surface area (Å²) in [4.78, 5) is 24.2. The van der Waals surface area contributed by atoms with E-state index in [-0.39, 0.29) is 24.4 Å². The fraction of sp³-hybridized carbons (Fsp3) is 0.176. The van der Waals surface area contributed by atoms with Crippen LogP contribution in [0.1, 0.15) is 16.8 Å². The molecule has 0 saturated heterocycles. The van der Waals surface area contributed by atoms with Crippen molar-refractivity contribution in [2.75, 3.05) is 18.1 Å². The van der Waals surface area contributed by atoms with Gasteiger partial charge in [-0.1, -0.05) is 6.07 Å². The number of hydrogen-bond acceptors (Lipinski definition) is 3. The summed E-state index contributed by atoms with van der Waals surface area (Å²) in [6.45, 7) is -0.0130. The second-order valence-corrected chi connectivity index (χ2v) is 6.54. The van der Waals surface area contributed by atoms with Crippen molar-refractivity contribution < 1.29 is 22.6 Å². The number of halogens is 2. The maximum atomic E-state index is 13.5. The molecule has 0 fully saturated rings. The maximum absolute atomic E-state index is 13.5. The summed E-state index contributed by atoms with van der Waals surface area (Å²) in [5.41, 5.74) is 0.202. The average molecular weight is 366 g/mol. The van der Waals surface area contributed by atoms with Crippen molar-refractivity contribution in [3.05, 3.63) is 59.7 Å². The minimum absolute atomic E-state index is 0.0130. The van der Waals surface area contributed by atoms with Gasteiger partial charge in [-0.2, -0.15) is 0 Å². The third kappa shape index (κ3) is 5.46. The Labute approximate surface area is 145 Å². The highest BCUT2D eigenvalue weighted by atomic mass is 32.2. The highest BCUT2D eigenvalue weighted by molar-refractivity contribution is 7.84. The molecule has 2 aromatic rings. The van der Waals surface area contributed by atoms with Gasteiger partial charge in [0.25, 0.3) is 5.91 Å². The molecule has 0 aliphatic rings. The first-order chi connectivity index (χ1) is 11.9. The van der Waals surface area contributed by atoms with Crippen LogP contribution in [0.2, 0.25) is 0 Å². The Morgan fingerprint density at radius 1 is 1.12 bits per heavy atom. The van der Waals surface area contributed by atoms with E-state index in [1.807, 2.05) is 0 Å². The molecular weight excluding hydrogens is 350 g/mol. The van der Waals surface area contributed by atoms with Gasteiger partial charge >= 0.3 is 0 Å². The van der Waals surface area contributed by atoms with Crippen molar-refractivity contribution in [2.45, 2.75) is 11.3 Å². The molecule has 0 bridgehead atoms. The van der Waals surface area contributed by atoms with Crippen LogP contribution in [-0.4, -0.2) is 28.8 Å². The highest BCUT2D eigenvalue weighted by Crippen LogP contribution is 2.13. The summed E-state index contributed by atoms with van der Waals surface area (Å²) in [7, 11) is -1.16. The van der Waals surface area contributed by atoms with Gasteiger partial charge in [0, 0.05) is 46.7 Å². The third-order valence-corrected chi connectivity index (χ3v) is 4.18. The van der Waals surface area contributed by atoms with Crippen LogP contribution in [-0.2, 0) is 15.6 Å². The molecule has 0 spiro atoms. The molecule has 0 saturated carbocycles. The molecule has 0 radical (unpaired) electrons. The van der Waals surface area contributed by atoms with E-state index in [4.69, 9.17) is 0 Å². The molecule has 0 unspecified atom stereocenters. The number of amides is 2. The second-order valence-electron chi connectivity index (χ2n) is 5.16. The molecule has 2 aromatic carbocycles. The smallest absolute Gasteiger partial charge is 0.254 e. The Kier molecular flexibility index (Phi) is 6.35. The van der Waals surface area contributed by atoms with E-state index >= 15 is 0 Å². The lowest BCUT2D eigenvalue weighted by atomic mass is 10.2. The largest absolute Gasteiger partial charge is 0.351 e. The summed E-state index contributed by atoms with van der Waals surface area (Å²) in [5.74, 6) is -2.83. The van der Waals surface area contributed by atoms with Crippen LogP contribution in [0.3, 0.4) is 0 Å². The maximum Gasteiger partial charge on any atom is 0.254 e. The van der Waals surface area contributed by atoms with E-state index in [0.29, 0.717) is 16.6 Å². The summed E-state index contributed by atoms with van der Waals surface area (Å²) in [6, 6.07) is 9.24. The number of benzene rings is 2. The minimum atomic E-state index is -1.16. The standard InChI is InChI=1S/C17H16F2N2O3S/c1-25(24)13-4-2-3-12(10-13)21-16(22)7-8-20-17(23)14-6-5-11(18)9-15(14)19/h2-6,9-10H,7-8H2,1H3,(H,20,23)(H,21,22)/t25-/m1/s1. The Bertz CT molecular complexity index is 827. The molecule has 25 heavy (non-hydrogen) atoms. The first kappa shape index (κ1) is 18.7. The Morgan fingerprint density at radius 2 is 1.88 bits per heavy atom. The Morgan fingerprint density at radius 3 is 2.56 bits per heavy atom. The monoisotopic (exact) mass is 366 g/mol. The lowest BCUT2D eigenvalue weighted by molar-refractivity contribution is -0.116. The van der Waals surface area contributed by atoms with Crippen molar-refractivity contribution in [1.82, 2.24) is 5.32 Å². The summed E-state index contributed by atoms with van der Waals surface area (Å²) >= 11 is 0. The van der Waals surface area contributed by atoms with Gasteiger partial charge in [0.15, 0.2) is 0 Å². The molecule has 0 aliphatic heterocycles. The number of nitrogens with one attached hydrogen (secondary N) is 2. The average Bonchev–Trinajstić information content (AvgIpc) is 2.54. The topological polar surface area (TPSA) is 75.3 Å². The zero-order chi connectivity index (χ0) is 18.4. The van der Waals surface area contributed by atoms with E-state index in [0.717, 1.165) is 12.1 Å². The van der Waals surface area contributed by atoms with Crippen LogP contribution in [0.5, 0.6) is 0 Å². The zero-order valence-corrected chi connectivity index (χ0v) is 14.2. The third-order valence-electron chi connectivity index (χ3n) is 3.26. The van der Waals surface area contributed by atoms with Crippen LogP contribution in [0.4, 0.5) is 14.5 Å². The molecule has 2 rings (SSSR count). The molecule has 132 valence electrons. The fourth-order valence-corrected chi connectivity index (χ4v) is 2.60. The first-order valence-electron chi connectivity index (χ1n) is 7.33. The van der Waals surface area contributed by atoms with E-state index in [1.165, 1.54) is 6.26 Å². The Balaban J connectivity index is 1.85. The minimum Gasteiger partial charge on any atom is -0.351 e. The van der Waals surface area contributed by atoms with Crippen LogP contribution in [0, 0.1) is 11.6 Å². The SMILES string of the molecule is C[S@@](=O)c1cccc(NC(=O)CCNC(=O)c2ccc(F)cc2F)c1. The van der Waals surface area contributed by atoms with Crippen molar-refractivity contribution >= 4 is 28.3 Å². The molecule has 0 aromatic heterocycles. The summed E-state index contributed by atoms with van der Waals surface area (Å²) < 4.78 is 37.7. The first-order valence-corrected chi connectivity index (χ1v) is 8.89. The molecule has 8 heteroatoms. The van der Waals surface area contributed by atoms with Crippen molar-refractivity contribution in [1.29, 1.82) is 0 Å². The number of rotatable bonds is 6. The molecule has 5 nitrogen and oxygen atoms in total. The zero-order valence-electron chi connectivity index (χ0n) is 13.3. The van der Waals surface area contributed by atoms with E-state index in [9.17, 15) is 22.6 Å². The molecular formula is C17H16F2N2O3S. The lowest BCUT2D eigenvalue weighted by Crippen LogP contribution is -2.28. The van der Waals surface area contributed by atoms with Crippen LogP contribution >= 0.6 is 0 Å². The number of carbonyl (C=O) groups excluding carboxylic acids is 2. The van der Waals surface area contributed by atoms with Crippen LogP contribution in [0.15, 0.2) is 47.4 Å². The number of carbonyl (C=O) groups is 2.